The number of nitriles is 1. The number of hydrogen-bond donors (Lipinski definition) is 1. The van der Waals surface area contributed by atoms with Gasteiger partial charge in [0.2, 0.25) is 0 Å². The van der Waals surface area contributed by atoms with E-state index in [9.17, 15) is 9.83 Å². The van der Waals surface area contributed by atoms with E-state index in [1.54, 1.807) is 18.4 Å². The van der Waals surface area contributed by atoms with E-state index in [1.807, 2.05) is 18.2 Å². The molecule has 0 radical (unpaired) electrons. The van der Waals surface area contributed by atoms with E-state index in [0.29, 0.717) is 16.2 Å². The van der Waals surface area contributed by atoms with E-state index in [0.717, 1.165) is 0 Å². The van der Waals surface area contributed by atoms with Crippen LogP contribution < -0.4 is 16.3 Å². The summed E-state index contributed by atoms with van der Waals surface area (Å²) in [5, 5.41) is 15.6. The molecule has 0 spiro atoms. The van der Waals surface area contributed by atoms with E-state index >= 15 is 0 Å². The average Bonchev–Trinajstić information content (AvgIpc) is 2.60. The zero-order chi connectivity index (χ0) is 17.0. The van der Waals surface area contributed by atoms with Crippen molar-refractivity contribution >= 4 is 24.7 Å². The molecule has 2 N–H and O–H groups in total. The summed E-state index contributed by atoms with van der Waals surface area (Å²) in [5.74, 6) is 0.317. The van der Waals surface area contributed by atoms with Gasteiger partial charge >= 0.3 is 13.1 Å². The molecule has 1 aromatic heterocycles. The van der Waals surface area contributed by atoms with Gasteiger partial charge in [-0.2, -0.15) is 5.26 Å². The molecule has 0 saturated heterocycles. The van der Waals surface area contributed by atoms with Crippen LogP contribution in [0.5, 0.6) is 0 Å². The molecular formula is C15H16N2O4PS+. The second kappa shape index (κ2) is 7.16. The van der Waals surface area contributed by atoms with Gasteiger partial charge in [0, 0.05) is 19.8 Å². The molecule has 0 aliphatic heterocycles. The highest BCUT2D eigenvalue weighted by molar-refractivity contribution is 7.99. The van der Waals surface area contributed by atoms with Gasteiger partial charge in [-0.15, -0.1) is 11.8 Å². The van der Waals surface area contributed by atoms with Crippen LogP contribution in [0.1, 0.15) is 5.56 Å². The first-order valence-electron chi connectivity index (χ1n) is 6.53. The van der Waals surface area contributed by atoms with Gasteiger partial charge in [0.25, 0.3) is 0 Å². The molecule has 2 aromatic rings. The van der Waals surface area contributed by atoms with E-state index < -0.39 is 7.60 Å². The average molecular weight is 351 g/mol. The summed E-state index contributed by atoms with van der Waals surface area (Å²) < 4.78 is 28.4. The van der Waals surface area contributed by atoms with Crippen molar-refractivity contribution in [3.05, 3.63) is 41.4 Å². The minimum Gasteiger partial charge on any atom is -0.403 e. The van der Waals surface area contributed by atoms with Crippen molar-refractivity contribution in [2.24, 2.45) is 0 Å². The van der Waals surface area contributed by atoms with Crippen molar-refractivity contribution < 1.29 is 23.4 Å². The number of nitrogens with zero attached hydrogens (tertiary/aromatic N) is 1. The summed E-state index contributed by atoms with van der Waals surface area (Å²) in [6.07, 6.45) is 1.75. The molecule has 0 amide bonds. The third-order valence-corrected chi connectivity index (χ3v) is 6.14. The van der Waals surface area contributed by atoms with Gasteiger partial charge in [-0.3, -0.25) is 4.57 Å². The predicted octanol–water partition coefficient (Wildman–Crippen LogP) is 1.31. The maximum absolute atomic E-state index is 12.8. The summed E-state index contributed by atoms with van der Waals surface area (Å²) >= 11 is 1.23. The minimum absolute atomic E-state index is 0.0752. The molecule has 0 unspecified atom stereocenters. The molecule has 1 aromatic carbocycles. The standard InChI is InChI=1S/C15H15N2O4PS/c1-19-22(18,20-2)13-14(23-3)11(9-16)12(21-15(13)17)10-7-5-4-6-8-10/h4-8,17H,1-3H3/p+1. The summed E-state index contributed by atoms with van der Waals surface area (Å²) in [5.41, 5.74) is 0.837. The molecule has 0 saturated carbocycles. The molecule has 0 aliphatic rings. The lowest BCUT2D eigenvalue weighted by Gasteiger charge is -2.16. The Morgan fingerprint density at radius 3 is 2.35 bits per heavy atom. The SMILES string of the molecule is COP(=O)(OC)c1c(SC)c(C#N)c(-c2ccccc2)oc1=[NH2+]. The van der Waals surface area contributed by atoms with Gasteiger partial charge in [-0.05, 0) is 6.26 Å². The Labute approximate surface area is 138 Å². The lowest BCUT2D eigenvalue weighted by molar-refractivity contribution is -0.196. The van der Waals surface area contributed by atoms with E-state index in [1.165, 1.54) is 26.0 Å². The van der Waals surface area contributed by atoms with Crippen LogP contribution in [0.3, 0.4) is 0 Å². The van der Waals surface area contributed by atoms with Crippen molar-refractivity contribution in [1.82, 2.24) is 0 Å². The third kappa shape index (κ3) is 3.12. The zero-order valence-electron chi connectivity index (χ0n) is 12.9. The Morgan fingerprint density at radius 1 is 1.26 bits per heavy atom. The van der Waals surface area contributed by atoms with Crippen molar-refractivity contribution in [2.45, 2.75) is 4.90 Å². The normalized spacial score (nSPS) is 11.2. The summed E-state index contributed by atoms with van der Waals surface area (Å²) in [4.78, 5) is 0.419. The smallest absolute Gasteiger partial charge is 0.381 e. The molecule has 0 aliphatic carbocycles. The van der Waals surface area contributed by atoms with Gasteiger partial charge in [0.15, 0.2) is 11.1 Å². The first-order valence-corrected chi connectivity index (χ1v) is 9.30. The molecule has 120 valence electrons. The first-order chi connectivity index (χ1) is 11.0. The van der Waals surface area contributed by atoms with Crippen LogP contribution in [-0.4, -0.2) is 20.5 Å². The fraction of sp³-hybridized carbons (Fsp3) is 0.200. The maximum Gasteiger partial charge on any atom is 0.381 e. The highest BCUT2D eigenvalue weighted by Gasteiger charge is 2.36. The quantitative estimate of drug-likeness (QED) is 0.644. The number of hydrogen-bond acceptors (Lipinski definition) is 6. The largest absolute Gasteiger partial charge is 0.403 e. The van der Waals surface area contributed by atoms with Crippen LogP contribution in [0.2, 0.25) is 0 Å². The monoisotopic (exact) mass is 351 g/mol. The summed E-state index contributed by atoms with van der Waals surface area (Å²) in [6.45, 7) is 0. The molecular weight excluding hydrogens is 335 g/mol. The first kappa shape index (κ1) is 17.5. The van der Waals surface area contributed by atoms with Crippen LogP contribution >= 0.6 is 19.4 Å². The molecule has 1 heterocycles. The number of nitrogens with two attached hydrogens (primary N) is 1. The Morgan fingerprint density at radius 2 is 1.87 bits per heavy atom. The number of thioether (sulfide) groups is 1. The van der Waals surface area contributed by atoms with Crippen LogP contribution in [0.15, 0.2) is 39.6 Å². The Hall–Kier alpha value is -1.84. The molecule has 2 rings (SSSR count). The molecule has 0 bridgehead atoms. The van der Waals surface area contributed by atoms with E-state index in [-0.39, 0.29) is 16.4 Å². The van der Waals surface area contributed by atoms with Gasteiger partial charge in [-0.25, -0.2) is 5.41 Å². The van der Waals surface area contributed by atoms with Gasteiger partial charge in [0.1, 0.15) is 11.6 Å². The third-order valence-electron chi connectivity index (χ3n) is 3.22. The van der Waals surface area contributed by atoms with Crippen LogP contribution in [0, 0.1) is 11.3 Å². The van der Waals surface area contributed by atoms with E-state index in [4.69, 9.17) is 18.9 Å². The van der Waals surface area contributed by atoms with Crippen molar-refractivity contribution in [3.63, 3.8) is 0 Å². The highest BCUT2D eigenvalue weighted by Crippen LogP contribution is 2.47. The second-order valence-electron chi connectivity index (χ2n) is 4.39. The topological polar surface area (TPSA) is 98.1 Å². The van der Waals surface area contributed by atoms with Gasteiger partial charge < -0.3 is 13.5 Å². The highest BCUT2D eigenvalue weighted by atomic mass is 32.2. The number of rotatable bonds is 5. The van der Waals surface area contributed by atoms with Crippen LogP contribution in [0.4, 0.5) is 0 Å². The van der Waals surface area contributed by atoms with Crippen molar-refractivity contribution in [3.8, 4) is 17.4 Å². The molecule has 8 heteroatoms. The Balaban J connectivity index is 2.89. The van der Waals surface area contributed by atoms with Crippen LogP contribution in [-0.2, 0) is 13.6 Å². The molecule has 23 heavy (non-hydrogen) atoms. The Kier molecular flexibility index (Phi) is 5.45. The lowest BCUT2D eigenvalue weighted by Crippen LogP contribution is -2.53. The van der Waals surface area contributed by atoms with E-state index in [2.05, 4.69) is 6.07 Å². The minimum atomic E-state index is -3.67. The van der Waals surface area contributed by atoms with Gasteiger partial charge in [-0.1, -0.05) is 30.3 Å². The molecule has 0 atom stereocenters. The Bertz CT molecular complexity index is 850. The molecule has 6 nitrogen and oxygen atoms in total. The fourth-order valence-corrected chi connectivity index (χ4v) is 4.59. The maximum atomic E-state index is 12.8. The van der Waals surface area contributed by atoms with Crippen LogP contribution in [0.25, 0.3) is 11.3 Å². The zero-order valence-corrected chi connectivity index (χ0v) is 14.6. The predicted molar refractivity (Wildman–Crippen MR) is 87.0 cm³/mol. The van der Waals surface area contributed by atoms with Crippen molar-refractivity contribution in [2.75, 3.05) is 20.5 Å². The summed E-state index contributed by atoms with van der Waals surface area (Å²) in [7, 11) is -1.16. The van der Waals surface area contributed by atoms with Crippen molar-refractivity contribution in [1.29, 1.82) is 5.26 Å². The lowest BCUT2D eigenvalue weighted by atomic mass is 10.1. The second-order valence-corrected chi connectivity index (χ2v) is 7.38. The fourth-order valence-electron chi connectivity index (χ4n) is 2.15. The van der Waals surface area contributed by atoms with Gasteiger partial charge in [0.05, 0.1) is 4.90 Å². The summed E-state index contributed by atoms with van der Waals surface area (Å²) in [6, 6.07) is 11.2. The number of benzene rings is 1. The molecule has 0 fully saturated rings.